The molecule has 1 heterocycles. The summed E-state index contributed by atoms with van der Waals surface area (Å²) in [4.78, 5) is 22.7. The van der Waals surface area contributed by atoms with E-state index in [-0.39, 0.29) is 4.60 Å². The third-order valence-electron chi connectivity index (χ3n) is 2.14. The van der Waals surface area contributed by atoms with E-state index in [1.165, 1.54) is 11.8 Å². The highest BCUT2D eigenvalue weighted by molar-refractivity contribution is 9.10. The highest BCUT2D eigenvalue weighted by atomic mass is 79.9. The van der Waals surface area contributed by atoms with Crippen molar-refractivity contribution in [3.63, 3.8) is 0 Å². The number of carbonyl (C=O) groups is 1. The molecular formula is C10H8BrN2O4+. The second-order valence-corrected chi connectivity index (χ2v) is 3.87. The van der Waals surface area contributed by atoms with Crippen LogP contribution in [-0.2, 0) is 4.74 Å². The molecule has 0 amide bonds. The topological polar surface area (TPSA) is 76.2 Å². The first kappa shape index (κ1) is 11.6. The summed E-state index contributed by atoms with van der Waals surface area (Å²) in [5.41, 5.74) is 0.208. The van der Waals surface area contributed by atoms with Gasteiger partial charge in [-0.1, -0.05) is 12.1 Å². The molecule has 0 saturated heterocycles. The Morgan fingerprint density at radius 1 is 1.47 bits per heavy atom. The number of para-hydroxylation sites is 1. The molecule has 88 valence electrons. The molecule has 0 bridgehead atoms. The fraction of sp³-hybridized carbons (Fsp3) is 0.100. The van der Waals surface area contributed by atoms with Crippen LogP contribution in [0.2, 0.25) is 0 Å². The maximum atomic E-state index is 11.6. The van der Waals surface area contributed by atoms with Gasteiger partial charge in [-0.05, 0) is 16.0 Å². The van der Waals surface area contributed by atoms with Crippen molar-refractivity contribution in [2.45, 2.75) is 0 Å². The lowest BCUT2D eigenvalue weighted by Gasteiger charge is -1.99. The molecule has 6 nitrogen and oxygen atoms in total. The third-order valence-corrected chi connectivity index (χ3v) is 2.82. The van der Waals surface area contributed by atoms with Gasteiger partial charge in [-0.25, -0.2) is 9.59 Å². The molecule has 1 N–H and O–H groups in total. The Balaban J connectivity index is 2.64. The highest BCUT2D eigenvalue weighted by Gasteiger charge is 2.26. The lowest BCUT2D eigenvalue weighted by atomic mass is 10.2. The first-order valence-corrected chi connectivity index (χ1v) is 5.41. The van der Waals surface area contributed by atoms with Crippen LogP contribution in [0.5, 0.6) is 0 Å². The monoisotopic (exact) mass is 299 g/mol. The van der Waals surface area contributed by atoms with Crippen molar-refractivity contribution >= 4 is 21.9 Å². The van der Waals surface area contributed by atoms with Crippen LogP contribution in [0.25, 0.3) is 5.69 Å². The Morgan fingerprint density at radius 3 is 2.76 bits per heavy atom. The lowest BCUT2D eigenvalue weighted by Crippen LogP contribution is -2.37. The smallest absolute Gasteiger partial charge is 0.442 e. The highest BCUT2D eigenvalue weighted by Crippen LogP contribution is 2.11. The average molecular weight is 300 g/mol. The molecule has 2 aromatic rings. The van der Waals surface area contributed by atoms with Crippen LogP contribution in [0.3, 0.4) is 0 Å². The van der Waals surface area contributed by atoms with Gasteiger partial charge in [0.25, 0.3) is 5.69 Å². The van der Waals surface area contributed by atoms with E-state index in [1.54, 1.807) is 24.3 Å². The van der Waals surface area contributed by atoms with E-state index < -0.39 is 11.6 Å². The molecule has 17 heavy (non-hydrogen) atoms. The molecular weight excluding hydrogens is 292 g/mol. The van der Waals surface area contributed by atoms with Crippen molar-refractivity contribution < 1.29 is 18.7 Å². The van der Waals surface area contributed by atoms with E-state index in [0.29, 0.717) is 11.3 Å². The van der Waals surface area contributed by atoms with Gasteiger partial charge in [-0.2, -0.15) is 0 Å². The summed E-state index contributed by atoms with van der Waals surface area (Å²) >= 11 is 3.07. The van der Waals surface area contributed by atoms with Crippen LogP contribution >= 0.6 is 15.9 Å². The summed E-state index contributed by atoms with van der Waals surface area (Å²) in [6.07, 6.45) is 0. The number of aromatic nitrogens is 2. The van der Waals surface area contributed by atoms with E-state index in [2.05, 4.69) is 30.5 Å². The maximum absolute atomic E-state index is 11.6. The second-order valence-electron chi connectivity index (χ2n) is 3.12. The number of ether oxygens (including phenoxy) is 1. The van der Waals surface area contributed by atoms with Gasteiger partial charge >= 0.3 is 16.2 Å². The van der Waals surface area contributed by atoms with Gasteiger partial charge in [0, 0.05) is 22.0 Å². The minimum absolute atomic E-state index is 0.161. The molecule has 0 saturated carbocycles. The van der Waals surface area contributed by atoms with Crippen LogP contribution in [0.1, 0.15) is 10.4 Å². The number of methoxy groups -OCH3 is 1. The molecule has 0 radical (unpaired) electrons. The maximum Gasteiger partial charge on any atom is 0.442 e. The number of aromatic amines is 1. The van der Waals surface area contributed by atoms with E-state index >= 15 is 0 Å². The van der Waals surface area contributed by atoms with E-state index in [1.807, 2.05) is 0 Å². The van der Waals surface area contributed by atoms with E-state index in [4.69, 9.17) is 0 Å². The van der Waals surface area contributed by atoms with Crippen molar-refractivity contribution in [3.05, 3.63) is 44.9 Å². The van der Waals surface area contributed by atoms with Crippen LogP contribution in [0.15, 0.2) is 38.2 Å². The fourth-order valence-electron chi connectivity index (χ4n) is 1.37. The number of carbonyl (C=O) groups excluding carboxylic acids is 1. The third kappa shape index (κ3) is 2.01. The van der Waals surface area contributed by atoms with Gasteiger partial charge < -0.3 is 4.74 Å². The zero-order chi connectivity index (χ0) is 12.4. The van der Waals surface area contributed by atoms with E-state index in [0.717, 1.165) is 0 Å². The van der Waals surface area contributed by atoms with Crippen molar-refractivity contribution in [1.29, 1.82) is 0 Å². The molecule has 7 heteroatoms. The van der Waals surface area contributed by atoms with Crippen molar-refractivity contribution in [1.82, 2.24) is 5.27 Å². The molecule has 0 fully saturated rings. The average Bonchev–Trinajstić information content (AvgIpc) is 2.69. The zero-order valence-corrected chi connectivity index (χ0v) is 10.4. The van der Waals surface area contributed by atoms with Crippen molar-refractivity contribution in [2.75, 3.05) is 7.11 Å². The first-order chi connectivity index (χ1) is 8.15. The molecule has 0 aliphatic heterocycles. The van der Waals surface area contributed by atoms with Gasteiger partial charge in [0.2, 0.25) is 0 Å². The number of H-pyrrole nitrogens is 1. The van der Waals surface area contributed by atoms with E-state index in [9.17, 15) is 9.59 Å². The summed E-state index contributed by atoms with van der Waals surface area (Å²) in [7, 11) is 1.29. The molecule has 2 rings (SSSR count). The molecule has 0 aliphatic rings. The predicted molar refractivity (Wildman–Crippen MR) is 59.9 cm³/mol. The molecule has 0 aliphatic carbocycles. The zero-order valence-electron chi connectivity index (χ0n) is 8.77. The first-order valence-electron chi connectivity index (χ1n) is 4.62. The van der Waals surface area contributed by atoms with Crippen LogP contribution in [0, 0.1) is 0 Å². The quantitative estimate of drug-likeness (QED) is 0.657. The summed E-state index contributed by atoms with van der Waals surface area (Å²) < 4.78 is 10.7. The number of nitrogens with one attached hydrogen (secondary N) is 1. The normalized spacial score (nSPS) is 10.2. The number of hydrogen-bond acceptors (Lipinski definition) is 4. The fourth-order valence-corrected chi connectivity index (χ4v) is 1.71. The Labute approximate surface area is 104 Å². The summed E-state index contributed by atoms with van der Waals surface area (Å²) in [5, 5.41) is 2.38. The molecule has 0 atom stereocenters. The van der Waals surface area contributed by atoms with Gasteiger partial charge in [-0.15, -0.1) is 0 Å². The predicted octanol–water partition coefficient (Wildman–Crippen LogP) is 0.794. The summed E-state index contributed by atoms with van der Waals surface area (Å²) in [6.45, 7) is 0. The van der Waals surface area contributed by atoms with Gasteiger partial charge in [0.1, 0.15) is 5.56 Å². The summed E-state index contributed by atoms with van der Waals surface area (Å²) in [5.74, 6) is -0.498. The number of halogens is 1. The Morgan fingerprint density at radius 2 is 2.18 bits per heavy atom. The number of nitrogens with zero attached hydrogens (tertiary/aromatic N) is 1. The van der Waals surface area contributed by atoms with Crippen molar-refractivity contribution in [3.8, 4) is 5.69 Å². The van der Waals surface area contributed by atoms with Crippen LogP contribution in [0.4, 0.5) is 0 Å². The molecule has 0 unspecified atom stereocenters. The van der Waals surface area contributed by atoms with Crippen LogP contribution < -0.4 is 10.3 Å². The standard InChI is InChI=1S/C10H7BrN2O4/c1-16-9(14)6-4-2-3-5-7(6)13-8(11)10(15)17-12-13/h2-5H,1H3/p+1. The Hall–Kier alpha value is -1.89. The Kier molecular flexibility index (Phi) is 3.10. The van der Waals surface area contributed by atoms with Crippen molar-refractivity contribution in [2.24, 2.45) is 0 Å². The minimum atomic E-state index is -0.565. The SMILES string of the molecule is COC(=O)c1ccccc1-[n+]1[nH]oc(=O)c1Br. The van der Waals surface area contributed by atoms with Gasteiger partial charge in [0.15, 0.2) is 0 Å². The minimum Gasteiger partial charge on any atom is -0.465 e. The second kappa shape index (κ2) is 4.54. The number of hydrogen-bond donors (Lipinski definition) is 1. The van der Waals surface area contributed by atoms with Crippen LogP contribution in [-0.4, -0.2) is 18.4 Å². The number of benzene rings is 1. The Bertz CT molecular complexity index is 617. The molecule has 1 aromatic heterocycles. The number of esters is 1. The number of rotatable bonds is 2. The molecule has 1 aromatic carbocycles. The summed E-state index contributed by atoms with van der Waals surface area (Å²) in [6, 6.07) is 6.67. The van der Waals surface area contributed by atoms with Gasteiger partial charge in [-0.3, -0.25) is 4.52 Å². The lowest BCUT2D eigenvalue weighted by molar-refractivity contribution is -0.680. The van der Waals surface area contributed by atoms with Gasteiger partial charge in [0.05, 0.1) is 7.11 Å². The largest absolute Gasteiger partial charge is 0.465 e. The molecule has 0 spiro atoms.